The molecule has 0 unspecified atom stereocenters. The Morgan fingerprint density at radius 2 is 2.05 bits per heavy atom. The van der Waals surface area contributed by atoms with Gasteiger partial charge in [-0.2, -0.15) is 0 Å². The first-order chi connectivity index (χ1) is 9.08. The molecular formula is C14H13ClN2O2. The zero-order chi connectivity index (χ0) is 13.8. The molecule has 1 heterocycles. The number of aromatic carboxylic acids is 1. The van der Waals surface area contributed by atoms with E-state index in [0.717, 1.165) is 11.3 Å². The highest BCUT2D eigenvalue weighted by molar-refractivity contribution is 6.33. The van der Waals surface area contributed by atoms with Crippen LogP contribution in [0.4, 0.5) is 5.69 Å². The van der Waals surface area contributed by atoms with Gasteiger partial charge in [-0.1, -0.05) is 29.8 Å². The Kier molecular flexibility index (Phi) is 4.02. The summed E-state index contributed by atoms with van der Waals surface area (Å²) >= 11 is 6.10. The first-order valence-corrected chi connectivity index (χ1v) is 6.14. The highest BCUT2D eigenvalue weighted by Crippen LogP contribution is 2.25. The number of carboxylic acids is 1. The third kappa shape index (κ3) is 3.23. The highest BCUT2D eigenvalue weighted by Gasteiger charge is 2.06. The van der Waals surface area contributed by atoms with Crippen molar-refractivity contribution in [3.8, 4) is 0 Å². The predicted molar refractivity (Wildman–Crippen MR) is 74.7 cm³/mol. The number of rotatable bonds is 4. The van der Waals surface area contributed by atoms with Crippen molar-refractivity contribution in [1.82, 2.24) is 4.98 Å². The fourth-order valence-corrected chi connectivity index (χ4v) is 2.02. The lowest BCUT2D eigenvalue weighted by Crippen LogP contribution is -2.07. The van der Waals surface area contributed by atoms with E-state index >= 15 is 0 Å². The molecular weight excluding hydrogens is 264 g/mol. The Labute approximate surface area is 116 Å². The van der Waals surface area contributed by atoms with Crippen LogP contribution < -0.4 is 5.32 Å². The van der Waals surface area contributed by atoms with Gasteiger partial charge in [0.2, 0.25) is 0 Å². The van der Waals surface area contributed by atoms with Crippen molar-refractivity contribution in [3.63, 3.8) is 0 Å². The van der Waals surface area contributed by atoms with Gasteiger partial charge in [0.25, 0.3) is 0 Å². The maximum absolute atomic E-state index is 10.8. The number of carbonyl (C=O) groups is 1. The largest absolute Gasteiger partial charge is 0.477 e. The highest BCUT2D eigenvalue weighted by atomic mass is 35.5. The molecule has 0 aliphatic carbocycles. The van der Waals surface area contributed by atoms with Gasteiger partial charge in [0.1, 0.15) is 5.69 Å². The molecule has 0 atom stereocenters. The first kappa shape index (κ1) is 13.4. The average molecular weight is 277 g/mol. The van der Waals surface area contributed by atoms with Gasteiger partial charge in [-0.15, -0.1) is 0 Å². The fraction of sp³-hybridized carbons (Fsp3) is 0.143. The topological polar surface area (TPSA) is 62.2 Å². The normalized spacial score (nSPS) is 10.2. The molecule has 0 saturated carbocycles. The fourth-order valence-electron chi connectivity index (χ4n) is 1.73. The van der Waals surface area contributed by atoms with Crippen molar-refractivity contribution in [2.45, 2.75) is 13.5 Å². The van der Waals surface area contributed by atoms with Crippen molar-refractivity contribution in [2.24, 2.45) is 0 Å². The molecule has 2 aromatic rings. The molecule has 0 bridgehead atoms. The van der Waals surface area contributed by atoms with E-state index in [1.807, 2.05) is 19.1 Å². The molecule has 0 radical (unpaired) electrons. The summed E-state index contributed by atoms with van der Waals surface area (Å²) in [4.78, 5) is 14.9. The molecule has 0 spiro atoms. The van der Waals surface area contributed by atoms with Crippen molar-refractivity contribution in [3.05, 3.63) is 58.4 Å². The second-order valence-corrected chi connectivity index (χ2v) is 4.51. The number of hydrogen-bond donors (Lipinski definition) is 2. The number of nitrogens with one attached hydrogen (secondary N) is 1. The van der Waals surface area contributed by atoms with Crippen LogP contribution in [0.3, 0.4) is 0 Å². The molecule has 0 amide bonds. The van der Waals surface area contributed by atoms with Crippen molar-refractivity contribution < 1.29 is 9.90 Å². The van der Waals surface area contributed by atoms with Crippen LogP contribution >= 0.6 is 11.6 Å². The molecule has 1 aromatic heterocycles. The quantitative estimate of drug-likeness (QED) is 0.899. The molecule has 2 N–H and O–H groups in total. The van der Waals surface area contributed by atoms with Crippen molar-refractivity contribution in [2.75, 3.05) is 5.32 Å². The number of hydrogen-bond acceptors (Lipinski definition) is 3. The van der Waals surface area contributed by atoms with Gasteiger partial charge >= 0.3 is 5.97 Å². The number of benzene rings is 1. The van der Waals surface area contributed by atoms with Crippen LogP contribution in [0.15, 0.2) is 36.4 Å². The number of nitrogens with zero attached hydrogens (tertiary/aromatic N) is 1. The first-order valence-electron chi connectivity index (χ1n) is 5.76. The van der Waals surface area contributed by atoms with E-state index in [0.29, 0.717) is 17.3 Å². The zero-order valence-corrected chi connectivity index (χ0v) is 11.1. The minimum absolute atomic E-state index is 0.0372. The summed E-state index contributed by atoms with van der Waals surface area (Å²) in [7, 11) is 0. The summed E-state index contributed by atoms with van der Waals surface area (Å²) in [6.45, 7) is 2.38. The lowest BCUT2D eigenvalue weighted by Gasteiger charge is -2.11. The molecule has 0 fully saturated rings. The molecule has 0 aliphatic heterocycles. The summed E-state index contributed by atoms with van der Waals surface area (Å²) in [5, 5.41) is 12.7. The minimum atomic E-state index is -1.03. The molecule has 1 aromatic carbocycles. The summed E-state index contributed by atoms with van der Waals surface area (Å²) in [6.07, 6.45) is 0. The van der Waals surface area contributed by atoms with Gasteiger partial charge in [0.05, 0.1) is 22.9 Å². The van der Waals surface area contributed by atoms with E-state index in [4.69, 9.17) is 16.7 Å². The number of halogens is 1. The van der Waals surface area contributed by atoms with Gasteiger partial charge in [-0.3, -0.25) is 0 Å². The summed E-state index contributed by atoms with van der Waals surface area (Å²) < 4.78 is 0. The number of carboxylic acid groups (broad SMARTS) is 1. The number of anilines is 1. The van der Waals surface area contributed by atoms with E-state index < -0.39 is 5.97 Å². The van der Waals surface area contributed by atoms with Crippen LogP contribution in [0.1, 0.15) is 21.7 Å². The van der Waals surface area contributed by atoms with Crippen LogP contribution in [0.25, 0.3) is 0 Å². The van der Waals surface area contributed by atoms with Gasteiger partial charge in [0.15, 0.2) is 0 Å². The second kappa shape index (κ2) is 5.71. The number of aryl methyl sites for hydroxylation is 1. The molecule has 5 heteroatoms. The third-order valence-electron chi connectivity index (χ3n) is 2.69. The van der Waals surface area contributed by atoms with Gasteiger partial charge in [-0.05, 0) is 30.7 Å². The third-order valence-corrected chi connectivity index (χ3v) is 3.01. The lowest BCUT2D eigenvalue weighted by atomic mass is 10.2. The van der Waals surface area contributed by atoms with Crippen LogP contribution in [-0.4, -0.2) is 16.1 Å². The van der Waals surface area contributed by atoms with Crippen LogP contribution in [0, 0.1) is 6.92 Å². The van der Waals surface area contributed by atoms with Crippen molar-refractivity contribution in [1.29, 1.82) is 0 Å². The van der Waals surface area contributed by atoms with Gasteiger partial charge in [0, 0.05) is 0 Å². The maximum atomic E-state index is 10.8. The van der Waals surface area contributed by atoms with E-state index in [9.17, 15) is 4.79 Å². The molecule has 0 aliphatic rings. The minimum Gasteiger partial charge on any atom is -0.477 e. The van der Waals surface area contributed by atoms with E-state index in [1.54, 1.807) is 18.2 Å². The monoisotopic (exact) mass is 276 g/mol. The number of aromatic nitrogens is 1. The predicted octanol–water partition coefficient (Wildman–Crippen LogP) is 3.35. The van der Waals surface area contributed by atoms with E-state index in [2.05, 4.69) is 10.3 Å². The van der Waals surface area contributed by atoms with E-state index in [-0.39, 0.29) is 5.69 Å². The van der Waals surface area contributed by atoms with Crippen LogP contribution in [0.5, 0.6) is 0 Å². The summed E-state index contributed by atoms with van der Waals surface area (Å²) in [6, 6.07) is 10.5. The second-order valence-electron chi connectivity index (χ2n) is 4.10. The van der Waals surface area contributed by atoms with E-state index in [1.165, 1.54) is 6.07 Å². The molecule has 0 saturated heterocycles. The summed E-state index contributed by atoms with van der Waals surface area (Å²) in [5.74, 6) is -1.03. The Morgan fingerprint density at radius 1 is 1.32 bits per heavy atom. The Bertz CT molecular complexity index is 594. The average Bonchev–Trinajstić information content (AvgIpc) is 2.38. The molecule has 2 rings (SSSR count). The van der Waals surface area contributed by atoms with Crippen molar-refractivity contribution >= 4 is 23.3 Å². The number of para-hydroxylation sites is 1. The lowest BCUT2D eigenvalue weighted by molar-refractivity contribution is 0.0690. The molecule has 98 valence electrons. The van der Waals surface area contributed by atoms with Gasteiger partial charge in [-0.25, -0.2) is 9.78 Å². The zero-order valence-electron chi connectivity index (χ0n) is 10.4. The van der Waals surface area contributed by atoms with Crippen LogP contribution in [-0.2, 0) is 6.54 Å². The SMILES string of the molecule is Cc1cccc(Cl)c1NCc1cccc(C(=O)O)n1. The molecule has 4 nitrogen and oxygen atoms in total. The Morgan fingerprint density at radius 3 is 2.74 bits per heavy atom. The standard InChI is InChI=1S/C14H13ClN2O2/c1-9-4-2-6-11(15)13(9)16-8-10-5-3-7-12(17-10)14(18)19/h2-7,16H,8H2,1H3,(H,18,19). The maximum Gasteiger partial charge on any atom is 0.354 e. The summed E-state index contributed by atoms with van der Waals surface area (Å²) in [5.41, 5.74) is 2.56. The Hall–Kier alpha value is -2.07. The molecule has 19 heavy (non-hydrogen) atoms. The van der Waals surface area contributed by atoms with Crippen LogP contribution in [0.2, 0.25) is 5.02 Å². The Balaban J connectivity index is 2.15. The van der Waals surface area contributed by atoms with Gasteiger partial charge < -0.3 is 10.4 Å². The number of pyridine rings is 1. The smallest absolute Gasteiger partial charge is 0.354 e.